The van der Waals surface area contributed by atoms with Gasteiger partial charge in [-0.2, -0.15) is 0 Å². The number of anilines is 1. The number of nitrogens with one attached hydrogen (secondary N) is 1. The van der Waals surface area contributed by atoms with Crippen molar-refractivity contribution in [2.45, 2.75) is 13.5 Å². The SMILES string of the molecule is CCOc1c(Cl)cccc1NCc1cccc2cccnc12. The minimum absolute atomic E-state index is 0.578. The summed E-state index contributed by atoms with van der Waals surface area (Å²) < 4.78 is 5.63. The van der Waals surface area contributed by atoms with Crippen molar-refractivity contribution in [3.05, 3.63) is 65.3 Å². The lowest BCUT2D eigenvalue weighted by Gasteiger charge is -2.14. The molecule has 22 heavy (non-hydrogen) atoms. The van der Waals surface area contributed by atoms with Gasteiger partial charge in [0.2, 0.25) is 0 Å². The van der Waals surface area contributed by atoms with Gasteiger partial charge in [-0.15, -0.1) is 0 Å². The van der Waals surface area contributed by atoms with Gasteiger partial charge in [-0.05, 0) is 30.7 Å². The number of hydrogen-bond donors (Lipinski definition) is 1. The van der Waals surface area contributed by atoms with Crippen molar-refractivity contribution in [3.63, 3.8) is 0 Å². The Morgan fingerprint density at radius 1 is 1.09 bits per heavy atom. The van der Waals surface area contributed by atoms with Crippen LogP contribution in [0.4, 0.5) is 5.69 Å². The zero-order valence-corrected chi connectivity index (χ0v) is 13.1. The number of rotatable bonds is 5. The Labute approximate surface area is 134 Å². The van der Waals surface area contributed by atoms with E-state index in [4.69, 9.17) is 16.3 Å². The maximum Gasteiger partial charge on any atom is 0.160 e. The number of halogens is 1. The molecular formula is C18H17ClN2O. The molecule has 0 fully saturated rings. The third-order valence-electron chi connectivity index (χ3n) is 3.44. The summed E-state index contributed by atoms with van der Waals surface area (Å²) in [5, 5.41) is 5.15. The molecule has 112 valence electrons. The van der Waals surface area contributed by atoms with Crippen LogP contribution in [0, 0.1) is 0 Å². The van der Waals surface area contributed by atoms with Crippen molar-refractivity contribution >= 4 is 28.2 Å². The van der Waals surface area contributed by atoms with Gasteiger partial charge in [0.25, 0.3) is 0 Å². The molecule has 0 saturated carbocycles. The largest absolute Gasteiger partial charge is 0.490 e. The number of benzene rings is 2. The highest BCUT2D eigenvalue weighted by molar-refractivity contribution is 6.32. The summed E-state index contributed by atoms with van der Waals surface area (Å²) in [5.74, 6) is 0.694. The number of para-hydroxylation sites is 2. The van der Waals surface area contributed by atoms with Gasteiger partial charge in [-0.25, -0.2) is 0 Å². The molecule has 3 aromatic rings. The average Bonchev–Trinajstić information content (AvgIpc) is 2.55. The predicted molar refractivity (Wildman–Crippen MR) is 91.7 cm³/mol. The second-order valence-electron chi connectivity index (χ2n) is 4.90. The minimum atomic E-state index is 0.578. The van der Waals surface area contributed by atoms with Gasteiger partial charge in [-0.3, -0.25) is 4.98 Å². The molecule has 0 radical (unpaired) electrons. The highest BCUT2D eigenvalue weighted by Gasteiger charge is 2.08. The zero-order valence-electron chi connectivity index (χ0n) is 12.3. The zero-order chi connectivity index (χ0) is 15.4. The van der Waals surface area contributed by atoms with Crippen LogP contribution in [0.5, 0.6) is 5.75 Å². The number of pyridine rings is 1. The molecule has 1 N–H and O–H groups in total. The van der Waals surface area contributed by atoms with Gasteiger partial charge in [0.1, 0.15) is 0 Å². The quantitative estimate of drug-likeness (QED) is 0.727. The molecule has 0 amide bonds. The molecular weight excluding hydrogens is 296 g/mol. The van der Waals surface area contributed by atoms with Crippen molar-refractivity contribution in [3.8, 4) is 5.75 Å². The van der Waals surface area contributed by atoms with E-state index in [0.29, 0.717) is 23.9 Å². The molecule has 0 atom stereocenters. The molecule has 3 nitrogen and oxygen atoms in total. The second kappa shape index (κ2) is 6.67. The molecule has 2 aromatic carbocycles. The van der Waals surface area contributed by atoms with Crippen LogP contribution in [0.1, 0.15) is 12.5 Å². The van der Waals surface area contributed by atoms with Gasteiger partial charge in [0.05, 0.1) is 22.8 Å². The summed E-state index contributed by atoms with van der Waals surface area (Å²) in [7, 11) is 0. The topological polar surface area (TPSA) is 34.1 Å². The molecule has 0 unspecified atom stereocenters. The summed E-state index contributed by atoms with van der Waals surface area (Å²) in [6.07, 6.45) is 1.82. The Morgan fingerprint density at radius 2 is 1.91 bits per heavy atom. The van der Waals surface area contributed by atoms with E-state index in [0.717, 1.165) is 22.2 Å². The van der Waals surface area contributed by atoms with E-state index in [1.165, 1.54) is 0 Å². The highest BCUT2D eigenvalue weighted by atomic mass is 35.5. The van der Waals surface area contributed by atoms with E-state index < -0.39 is 0 Å². The first-order chi connectivity index (χ1) is 10.8. The second-order valence-corrected chi connectivity index (χ2v) is 5.30. The molecule has 0 aliphatic heterocycles. The fourth-order valence-electron chi connectivity index (χ4n) is 2.44. The lowest BCUT2D eigenvalue weighted by Crippen LogP contribution is -2.04. The van der Waals surface area contributed by atoms with Crippen LogP contribution in [0.3, 0.4) is 0 Å². The van der Waals surface area contributed by atoms with Gasteiger partial charge in [0.15, 0.2) is 5.75 Å². The van der Waals surface area contributed by atoms with Crippen molar-refractivity contribution in [1.29, 1.82) is 0 Å². The Balaban J connectivity index is 1.87. The first-order valence-electron chi connectivity index (χ1n) is 7.27. The third kappa shape index (κ3) is 3.00. The van der Waals surface area contributed by atoms with Crippen LogP contribution in [-0.4, -0.2) is 11.6 Å². The van der Waals surface area contributed by atoms with Crippen LogP contribution >= 0.6 is 11.6 Å². The Kier molecular flexibility index (Phi) is 4.45. The maximum atomic E-state index is 6.21. The van der Waals surface area contributed by atoms with Crippen LogP contribution in [0.25, 0.3) is 10.9 Å². The number of nitrogens with zero attached hydrogens (tertiary/aromatic N) is 1. The molecule has 0 bridgehead atoms. The molecule has 1 aromatic heterocycles. The third-order valence-corrected chi connectivity index (χ3v) is 3.74. The van der Waals surface area contributed by atoms with E-state index in [9.17, 15) is 0 Å². The molecule has 0 aliphatic rings. The first kappa shape index (κ1) is 14.7. The molecule has 0 aliphatic carbocycles. The normalized spacial score (nSPS) is 10.6. The van der Waals surface area contributed by atoms with Gasteiger partial charge in [0, 0.05) is 18.1 Å². The van der Waals surface area contributed by atoms with Crippen molar-refractivity contribution in [2.75, 3.05) is 11.9 Å². The van der Waals surface area contributed by atoms with E-state index >= 15 is 0 Å². The molecule has 1 heterocycles. The fourth-order valence-corrected chi connectivity index (χ4v) is 2.67. The summed E-state index contributed by atoms with van der Waals surface area (Å²) in [4.78, 5) is 4.47. The van der Waals surface area contributed by atoms with E-state index in [2.05, 4.69) is 28.5 Å². The van der Waals surface area contributed by atoms with Gasteiger partial charge < -0.3 is 10.1 Å². The van der Waals surface area contributed by atoms with Crippen LogP contribution in [0.2, 0.25) is 5.02 Å². The van der Waals surface area contributed by atoms with E-state index in [1.54, 1.807) is 0 Å². The molecule has 0 spiro atoms. The fraction of sp³-hybridized carbons (Fsp3) is 0.167. The van der Waals surface area contributed by atoms with Gasteiger partial charge in [-0.1, -0.05) is 41.9 Å². The van der Waals surface area contributed by atoms with Crippen LogP contribution < -0.4 is 10.1 Å². The highest BCUT2D eigenvalue weighted by Crippen LogP contribution is 2.33. The summed E-state index contributed by atoms with van der Waals surface area (Å²) in [5.41, 5.74) is 3.04. The lowest BCUT2D eigenvalue weighted by atomic mass is 10.1. The monoisotopic (exact) mass is 312 g/mol. The van der Waals surface area contributed by atoms with E-state index in [-0.39, 0.29) is 0 Å². The van der Waals surface area contributed by atoms with Crippen molar-refractivity contribution in [2.24, 2.45) is 0 Å². The Bertz CT molecular complexity index is 784. The number of hydrogen-bond acceptors (Lipinski definition) is 3. The maximum absolute atomic E-state index is 6.21. The van der Waals surface area contributed by atoms with Crippen LogP contribution in [-0.2, 0) is 6.54 Å². The standard InChI is InChI=1S/C18H17ClN2O/c1-2-22-18-15(19)9-4-10-16(18)21-12-14-7-3-6-13-8-5-11-20-17(13)14/h3-11,21H,2,12H2,1H3. The molecule has 0 saturated heterocycles. The smallest absolute Gasteiger partial charge is 0.160 e. The Morgan fingerprint density at radius 3 is 2.77 bits per heavy atom. The minimum Gasteiger partial charge on any atom is -0.490 e. The first-order valence-corrected chi connectivity index (χ1v) is 7.65. The summed E-state index contributed by atoms with van der Waals surface area (Å²) in [6.45, 7) is 3.19. The number of ether oxygens (including phenoxy) is 1. The van der Waals surface area contributed by atoms with Crippen molar-refractivity contribution < 1.29 is 4.74 Å². The van der Waals surface area contributed by atoms with Crippen LogP contribution in [0.15, 0.2) is 54.7 Å². The Hall–Kier alpha value is -2.26. The molecule has 4 heteroatoms. The van der Waals surface area contributed by atoms with Gasteiger partial charge >= 0.3 is 0 Å². The van der Waals surface area contributed by atoms with Crippen molar-refractivity contribution in [1.82, 2.24) is 4.98 Å². The van der Waals surface area contributed by atoms with E-state index in [1.807, 2.05) is 43.5 Å². The predicted octanol–water partition coefficient (Wildman–Crippen LogP) is 4.90. The average molecular weight is 313 g/mol. The summed E-state index contributed by atoms with van der Waals surface area (Å²) >= 11 is 6.21. The number of aromatic nitrogens is 1. The summed E-state index contributed by atoms with van der Waals surface area (Å²) in [6, 6.07) is 15.9. The molecule has 3 rings (SSSR count). The number of fused-ring (bicyclic) bond motifs is 1. The lowest BCUT2D eigenvalue weighted by molar-refractivity contribution is 0.342.